The zero-order chi connectivity index (χ0) is 17.1. The van der Waals surface area contributed by atoms with Crippen molar-refractivity contribution in [1.29, 1.82) is 0 Å². The maximum absolute atomic E-state index is 3.76. The normalized spacial score (nSPS) is 18.2. The lowest BCUT2D eigenvalue weighted by molar-refractivity contribution is 0.404. The smallest absolute Gasteiger partial charge is 0.0782 e. The summed E-state index contributed by atoms with van der Waals surface area (Å²) in [5.41, 5.74) is 5.04. The molecule has 2 aromatic rings. The molecule has 0 aromatic heterocycles. The van der Waals surface area contributed by atoms with Gasteiger partial charge in [-0.25, -0.2) is 0 Å². The average molecular weight is 354 g/mol. The number of hydrogen-bond donors (Lipinski definition) is 2. The number of fused-ring (bicyclic) bond motifs is 1. The fourth-order valence-electron chi connectivity index (χ4n) is 4.03. The number of nitrogens with zero attached hydrogens (tertiary/aromatic N) is 1. The maximum atomic E-state index is 3.76. The van der Waals surface area contributed by atoms with Gasteiger partial charge in [-0.1, -0.05) is 56.0 Å². The maximum Gasteiger partial charge on any atom is 0.0782 e. The first-order valence-corrected chi connectivity index (χ1v) is 10.2. The van der Waals surface area contributed by atoms with Gasteiger partial charge in [-0.15, -0.1) is 0 Å². The summed E-state index contributed by atoms with van der Waals surface area (Å²) in [6.45, 7) is 3.26. The summed E-state index contributed by atoms with van der Waals surface area (Å²) in [6, 6.07) is 17.8. The molecule has 2 N–H and O–H groups in total. The third-order valence-corrected chi connectivity index (χ3v) is 6.27. The molecule has 4 heteroatoms. The molecule has 132 valence electrons. The van der Waals surface area contributed by atoms with E-state index in [-0.39, 0.29) is 0 Å². The predicted octanol–water partition coefficient (Wildman–Crippen LogP) is 5.87. The van der Waals surface area contributed by atoms with Crippen molar-refractivity contribution in [3.8, 4) is 0 Å². The Morgan fingerprint density at radius 1 is 1.08 bits per heavy atom. The molecule has 0 amide bonds. The van der Waals surface area contributed by atoms with Crippen LogP contribution in [0.1, 0.15) is 44.6 Å². The Balaban J connectivity index is 1.45. The van der Waals surface area contributed by atoms with Crippen LogP contribution in [0.25, 0.3) is 0 Å². The summed E-state index contributed by atoms with van der Waals surface area (Å²) < 4.78 is 5.71. The summed E-state index contributed by atoms with van der Waals surface area (Å²) in [5, 5.41) is 3.76. The van der Waals surface area contributed by atoms with Crippen LogP contribution in [0.2, 0.25) is 0 Å². The highest BCUT2D eigenvalue weighted by atomic mass is 32.2. The number of anilines is 3. The quantitative estimate of drug-likeness (QED) is 0.635. The van der Waals surface area contributed by atoms with Gasteiger partial charge in [0.05, 0.1) is 29.2 Å². The first-order valence-electron chi connectivity index (χ1n) is 9.44. The first kappa shape index (κ1) is 16.8. The van der Waals surface area contributed by atoms with Crippen LogP contribution in [0.5, 0.6) is 0 Å². The fourth-order valence-corrected chi connectivity index (χ4v) is 4.93. The minimum atomic E-state index is 0.577. The average Bonchev–Trinajstić information content (AvgIpc) is 3.30. The van der Waals surface area contributed by atoms with Crippen LogP contribution < -0.4 is 14.3 Å². The van der Waals surface area contributed by atoms with Crippen LogP contribution in [0.3, 0.4) is 0 Å². The summed E-state index contributed by atoms with van der Waals surface area (Å²) in [5.74, 6) is 0.933. The van der Waals surface area contributed by atoms with E-state index in [2.05, 4.69) is 69.8 Å². The zero-order valence-electron chi connectivity index (χ0n) is 14.9. The SMILES string of the molecule is C[C@@H](CC1CCCC1)NCc1ccccc1N1SNc2ccccc21. The molecule has 4 rings (SSSR count). The molecule has 0 spiro atoms. The molecule has 0 unspecified atom stereocenters. The van der Waals surface area contributed by atoms with E-state index in [0.717, 1.165) is 12.5 Å². The highest BCUT2D eigenvalue weighted by Crippen LogP contribution is 2.45. The number of hydrogen-bond acceptors (Lipinski definition) is 4. The van der Waals surface area contributed by atoms with Gasteiger partial charge in [0.2, 0.25) is 0 Å². The fraction of sp³-hybridized carbons (Fsp3) is 0.429. The summed E-state index contributed by atoms with van der Waals surface area (Å²) in [4.78, 5) is 0. The molecule has 0 bridgehead atoms. The third-order valence-electron chi connectivity index (χ3n) is 5.38. The van der Waals surface area contributed by atoms with Crippen LogP contribution in [0.15, 0.2) is 48.5 Å². The topological polar surface area (TPSA) is 27.3 Å². The van der Waals surface area contributed by atoms with Crippen molar-refractivity contribution < 1.29 is 0 Å². The van der Waals surface area contributed by atoms with Crippen molar-refractivity contribution in [3.05, 3.63) is 54.1 Å². The molecular weight excluding hydrogens is 326 g/mol. The van der Waals surface area contributed by atoms with Crippen LogP contribution in [0.4, 0.5) is 17.1 Å². The zero-order valence-corrected chi connectivity index (χ0v) is 15.7. The Labute approximate surface area is 155 Å². The standard InChI is InChI=1S/C21H27N3S/c1-16(14-17-8-2-3-9-17)22-15-18-10-4-6-12-20(18)24-21-13-7-5-11-19(21)23-25-24/h4-7,10-13,16-17,22-23H,2-3,8-9,14-15H2,1H3/t16-/m0/s1. The lowest BCUT2D eigenvalue weighted by Crippen LogP contribution is -2.28. The number of para-hydroxylation sites is 3. The molecule has 25 heavy (non-hydrogen) atoms. The van der Waals surface area contributed by atoms with E-state index in [9.17, 15) is 0 Å². The summed E-state index contributed by atoms with van der Waals surface area (Å²) >= 11 is 1.65. The van der Waals surface area contributed by atoms with Crippen molar-refractivity contribution in [1.82, 2.24) is 5.32 Å². The second kappa shape index (κ2) is 7.71. The van der Waals surface area contributed by atoms with E-state index in [1.54, 1.807) is 12.1 Å². The second-order valence-electron chi connectivity index (χ2n) is 7.30. The number of benzene rings is 2. The highest BCUT2D eigenvalue weighted by molar-refractivity contribution is 8.02. The molecule has 1 atom stereocenters. The first-order chi connectivity index (χ1) is 12.3. The Bertz CT molecular complexity index is 712. The van der Waals surface area contributed by atoms with Crippen LogP contribution >= 0.6 is 12.1 Å². The van der Waals surface area contributed by atoms with E-state index in [4.69, 9.17) is 0 Å². The molecule has 0 radical (unpaired) electrons. The van der Waals surface area contributed by atoms with Gasteiger partial charge in [0.25, 0.3) is 0 Å². The molecule has 1 fully saturated rings. The second-order valence-corrected chi connectivity index (χ2v) is 8.05. The van der Waals surface area contributed by atoms with Gasteiger partial charge in [0, 0.05) is 12.6 Å². The number of rotatable bonds is 6. The van der Waals surface area contributed by atoms with Gasteiger partial charge in [-0.2, -0.15) is 0 Å². The van der Waals surface area contributed by atoms with Crippen molar-refractivity contribution in [3.63, 3.8) is 0 Å². The predicted molar refractivity (Wildman–Crippen MR) is 109 cm³/mol. The monoisotopic (exact) mass is 353 g/mol. The van der Waals surface area contributed by atoms with Gasteiger partial charge in [-0.3, -0.25) is 4.31 Å². The van der Waals surface area contributed by atoms with Gasteiger partial charge >= 0.3 is 0 Å². The molecule has 2 aromatic carbocycles. The highest BCUT2D eigenvalue weighted by Gasteiger charge is 2.23. The van der Waals surface area contributed by atoms with Gasteiger partial charge in [0.15, 0.2) is 0 Å². The molecule has 3 nitrogen and oxygen atoms in total. The van der Waals surface area contributed by atoms with E-state index in [1.165, 1.54) is 54.7 Å². The molecule has 1 aliphatic carbocycles. The van der Waals surface area contributed by atoms with Gasteiger partial charge < -0.3 is 10.0 Å². The Morgan fingerprint density at radius 3 is 2.64 bits per heavy atom. The number of nitrogens with one attached hydrogen (secondary N) is 2. The van der Waals surface area contributed by atoms with Crippen LogP contribution in [0, 0.1) is 5.92 Å². The third kappa shape index (κ3) is 3.80. The molecular formula is C21H27N3S. The molecule has 0 saturated heterocycles. The molecule has 2 aliphatic rings. The van der Waals surface area contributed by atoms with E-state index >= 15 is 0 Å². The Morgan fingerprint density at radius 2 is 1.80 bits per heavy atom. The van der Waals surface area contributed by atoms with Crippen molar-refractivity contribution >= 4 is 29.2 Å². The minimum absolute atomic E-state index is 0.577. The van der Waals surface area contributed by atoms with Crippen molar-refractivity contribution in [2.75, 3.05) is 9.03 Å². The largest absolute Gasteiger partial charge is 0.310 e. The molecule has 1 heterocycles. The lowest BCUT2D eigenvalue weighted by atomic mass is 9.99. The summed E-state index contributed by atoms with van der Waals surface area (Å²) in [6.07, 6.45) is 7.02. The Kier molecular flexibility index (Phi) is 5.18. The lowest BCUT2D eigenvalue weighted by Gasteiger charge is -2.22. The van der Waals surface area contributed by atoms with Gasteiger partial charge in [0.1, 0.15) is 0 Å². The van der Waals surface area contributed by atoms with Crippen LogP contribution in [-0.4, -0.2) is 6.04 Å². The minimum Gasteiger partial charge on any atom is -0.310 e. The van der Waals surface area contributed by atoms with E-state index < -0.39 is 0 Å². The van der Waals surface area contributed by atoms with E-state index in [0.29, 0.717) is 6.04 Å². The van der Waals surface area contributed by atoms with E-state index in [1.807, 2.05) is 0 Å². The van der Waals surface area contributed by atoms with Crippen LogP contribution in [-0.2, 0) is 6.54 Å². The Hall–Kier alpha value is -1.65. The summed E-state index contributed by atoms with van der Waals surface area (Å²) in [7, 11) is 0. The van der Waals surface area contributed by atoms with Crippen molar-refractivity contribution in [2.24, 2.45) is 5.92 Å². The van der Waals surface area contributed by atoms with Gasteiger partial charge in [-0.05, 0) is 43.0 Å². The molecule has 1 aliphatic heterocycles. The molecule has 1 saturated carbocycles. The van der Waals surface area contributed by atoms with Crippen molar-refractivity contribution in [2.45, 2.75) is 51.6 Å².